The van der Waals surface area contributed by atoms with Gasteiger partial charge >= 0.3 is 0 Å². The molecule has 2 atom stereocenters. The summed E-state index contributed by atoms with van der Waals surface area (Å²) in [4.78, 5) is 36.3. The van der Waals surface area contributed by atoms with Crippen LogP contribution >= 0.6 is 0 Å². The molecule has 1 aromatic rings. The van der Waals surface area contributed by atoms with Crippen molar-refractivity contribution in [3.8, 4) is 0 Å². The smallest absolute Gasteiger partial charge is 0.261 e. The third-order valence-corrected chi connectivity index (χ3v) is 3.47. The maximum Gasteiger partial charge on any atom is 0.261 e. The topological polar surface area (TPSA) is 74.7 Å². The summed E-state index contributed by atoms with van der Waals surface area (Å²) in [6, 6.07) is 6.52. The number of hydrogen-bond acceptors (Lipinski definition) is 4. The van der Waals surface area contributed by atoms with Gasteiger partial charge in [0, 0.05) is 5.92 Å². The van der Waals surface area contributed by atoms with Gasteiger partial charge in [-0.1, -0.05) is 19.1 Å². The Kier molecular flexibility index (Phi) is 3.48. The van der Waals surface area contributed by atoms with Crippen LogP contribution in [-0.4, -0.2) is 40.3 Å². The standard InChI is InChI=1S/C14H15NO4/c1-8(9(2)16)12(17)7-15-13(18)10-5-3-4-6-11(10)14(15)19/h3-6,8,12,17H,7H2,1-2H3/t8-,12-/m1/s1. The largest absolute Gasteiger partial charge is 0.391 e. The summed E-state index contributed by atoms with van der Waals surface area (Å²) in [5, 5.41) is 9.90. The third-order valence-electron chi connectivity index (χ3n) is 3.47. The monoisotopic (exact) mass is 261 g/mol. The van der Waals surface area contributed by atoms with Crippen molar-refractivity contribution >= 4 is 17.6 Å². The lowest BCUT2D eigenvalue weighted by atomic mass is 10.0. The molecule has 0 aromatic heterocycles. The fraction of sp³-hybridized carbons (Fsp3) is 0.357. The first kappa shape index (κ1) is 13.4. The fourth-order valence-corrected chi connectivity index (χ4v) is 2.02. The summed E-state index contributed by atoms with van der Waals surface area (Å²) in [7, 11) is 0. The van der Waals surface area contributed by atoms with Gasteiger partial charge < -0.3 is 5.11 Å². The van der Waals surface area contributed by atoms with E-state index >= 15 is 0 Å². The summed E-state index contributed by atoms with van der Waals surface area (Å²) in [6.07, 6.45) is -1.04. The summed E-state index contributed by atoms with van der Waals surface area (Å²) in [5.74, 6) is -1.63. The second-order valence-electron chi connectivity index (χ2n) is 4.73. The number of carbonyl (C=O) groups is 3. The van der Waals surface area contributed by atoms with E-state index in [9.17, 15) is 19.5 Å². The van der Waals surface area contributed by atoms with Crippen molar-refractivity contribution in [1.29, 1.82) is 0 Å². The van der Waals surface area contributed by atoms with Crippen LogP contribution in [0, 0.1) is 5.92 Å². The van der Waals surface area contributed by atoms with Crippen LogP contribution in [0.25, 0.3) is 0 Å². The Morgan fingerprint density at radius 1 is 1.21 bits per heavy atom. The SMILES string of the molecule is CC(=O)[C@@H](C)[C@H](O)CN1C(=O)c2ccccc2C1=O. The molecule has 0 saturated heterocycles. The van der Waals surface area contributed by atoms with Crippen molar-refractivity contribution in [2.45, 2.75) is 20.0 Å². The van der Waals surface area contributed by atoms with E-state index in [0.717, 1.165) is 4.90 Å². The normalized spacial score (nSPS) is 17.3. The molecule has 1 heterocycles. The maximum absolute atomic E-state index is 12.0. The van der Waals surface area contributed by atoms with Gasteiger partial charge in [-0.15, -0.1) is 0 Å². The summed E-state index contributed by atoms with van der Waals surface area (Å²) < 4.78 is 0. The van der Waals surface area contributed by atoms with E-state index < -0.39 is 23.8 Å². The van der Waals surface area contributed by atoms with E-state index in [1.165, 1.54) is 6.92 Å². The number of carbonyl (C=O) groups excluding carboxylic acids is 3. The van der Waals surface area contributed by atoms with Gasteiger partial charge in [-0.3, -0.25) is 19.3 Å². The molecule has 0 saturated carbocycles. The molecule has 2 rings (SSSR count). The Morgan fingerprint density at radius 3 is 2.11 bits per heavy atom. The molecule has 0 fully saturated rings. The van der Waals surface area contributed by atoms with E-state index in [1.54, 1.807) is 31.2 Å². The quantitative estimate of drug-likeness (QED) is 0.816. The van der Waals surface area contributed by atoms with Crippen molar-refractivity contribution in [1.82, 2.24) is 4.90 Å². The first-order valence-corrected chi connectivity index (χ1v) is 6.07. The lowest BCUT2D eigenvalue weighted by molar-refractivity contribution is -0.123. The van der Waals surface area contributed by atoms with Gasteiger partial charge in [0.1, 0.15) is 5.78 Å². The van der Waals surface area contributed by atoms with Crippen LogP contribution in [-0.2, 0) is 4.79 Å². The van der Waals surface area contributed by atoms with Gasteiger partial charge in [-0.25, -0.2) is 0 Å². The minimum Gasteiger partial charge on any atom is -0.391 e. The number of benzene rings is 1. The number of nitrogens with zero attached hydrogens (tertiary/aromatic N) is 1. The predicted molar refractivity (Wildman–Crippen MR) is 67.7 cm³/mol. The van der Waals surface area contributed by atoms with Crippen molar-refractivity contribution in [2.75, 3.05) is 6.54 Å². The highest BCUT2D eigenvalue weighted by Crippen LogP contribution is 2.23. The zero-order valence-corrected chi connectivity index (χ0v) is 10.8. The molecule has 0 radical (unpaired) electrons. The zero-order chi connectivity index (χ0) is 14.2. The molecule has 0 unspecified atom stereocenters. The number of aliphatic hydroxyl groups is 1. The molecule has 0 spiro atoms. The molecule has 5 heteroatoms. The Labute approximate surface area is 110 Å². The van der Waals surface area contributed by atoms with Crippen LogP contribution in [0.3, 0.4) is 0 Å². The molecule has 0 bridgehead atoms. The van der Waals surface area contributed by atoms with Gasteiger partial charge in [0.15, 0.2) is 0 Å². The Hall–Kier alpha value is -2.01. The van der Waals surface area contributed by atoms with Gasteiger partial charge in [-0.2, -0.15) is 0 Å². The van der Waals surface area contributed by atoms with E-state index in [-0.39, 0.29) is 12.3 Å². The minimum atomic E-state index is -1.04. The van der Waals surface area contributed by atoms with Crippen LogP contribution < -0.4 is 0 Å². The van der Waals surface area contributed by atoms with Crippen molar-refractivity contribution in [2.24, 2.45) is 5.92 Å². The molecular formula is C14H15NO4. The molecule has 100 valence electrons. The maximum atomic E-state index is 12.0. The number of ketones is 1. The summed E-state index contributed by atoms with van der Waals surface area (Å²) in [5.41, 5.74) is 0.686. The van der Waals surface area contributed by atoms with Crippen LogP contribution in [0.1, 0.15) is 34.6 Å². The van der Waals surface area contributed by atoms with Crippen molar-refractivity contribution in [3.05, 3.63) is 35.4 Å². The van der Waals surface area contributed by atoms with E-state index in [0.29, 0.717) is 11.1 Å². The lowest BCUT2D eigenvalue weighted by Crippen LogP contribution is -2.40. The number of β-amino-alcohol motifs (C(OH)–C–C–N with tert-alkyl or cyclic N) is 1. The molecule has 0 aliphatic carbocycles. The number of imide groups is 1. The number of rotatable bonds is 4. The Bertz CT molecular complexity index is 517. The average molecular weight is 261 g/mol. The predicted octanol–water partition coefficient (Wildman–Crippen LogP) is 0.869. The average Bonchev–Trinajstić information content (AvgIpc) is 2.63. The van der Waals surface area contributed by atoms with Crippen LogP contribution in [0.15, 0.2) is 24.3 Å². The second-order valence-corrected chi connectivity index (χ2v) is 4.73. The lowest BCUT2D eigenvalue weighted by Gasteiger charge is -2.21. The molecular weight excluding hydrogens is 246 g/mol. The molecule has 1 aliphatic heterocycles. The second kappa shape index (κ2) is 4.93. The van der Waals surface area contributed by atoms with Gasteiger partial charge in [0.2, 0.25) is 0 Å². The number of Topliss-reactive ketones (excluding diaryl/α,β-unsaturated/α-hetero) is 1. The highest BCUT2D eigenvalue weighted by atomic mass is 16.3. The molecule has 5 nitrogen and oxygen atoms in total. The Morgan fingerprint density at radius 2 is 1.68 bits per heavy atom. The summed E-state index contributed by atoms with van der Waals surface area (Å²) in [6.45, 7) is 2.79. The number of hydrogen-bond donors (Lipinski definition) is 1. The van der Waals surface area contributed by atoms with Gasteiger partial charge in [-0.05, 0) is 19.1 Å². The highest BCUT2D eigenvalue weighted by molar-refractivity contribution is 6.21. The van der Waals surface area contributed by atoms with Crippen molar-refractivity contribution in [3.63, 3.8) is 0 Å². The highest BCUT2D eigenvalue weighted by Gasteiger charge is 2.37. The number of aliphatic hydroxyl groups excluding tert-OH is 1. The first-order chi connectivity index (χ1) is 8.93. The molecule has 1 aliphatic rings. The van der Waals surface area contributed by atoms with Gasteiger partial charge in [0.25, 0.3) is 11.8 Å². The zero-order valence-electron chi connectivity index (χ0n) is 10.8. The molecule has 19 heavy (non-hydrogen) atoms. The fourth-order valence-electron chi connectivity index (χ4n) is 2.02. The molecule has 2 amide bonds. The molecule has 1 N–H and O–H groups in total. The van der Waals surface area contributed by atoms with E-state index in [2.05, 4.69) is 0 Å². The van der Waals surface area contributed by atoms with Crippen LogP contribution in [0.2, 0.25) is 0 Å². The van der Waals surface area contributed by atoms with Crippen LogP contribution in [0.5, 0.6) is 0 Å². The van der Waals surface area contributed by atoms with E-state index in [1.807, 2.05) is 0 Å². The third kappa shape index (κ3) is 2.29. The number of amides is 2. The summed E-state index contributed by atoms with van der Waals surface area (Å²) >= 11 is 0. The number of fused-ring (bicyclic) bond motifs is 1. The molecule has 1 aromatic carbocycles. The Balaban J connectivity index is 2.19. The van der Waals surface area contributed by atoms with Crippen molar-refractivity contribution < 1.29 is 19.5 Å². The first-order valence-electron chi connectivity index (χ1n) is 6.07. The minimum absolute atomic E-state index is 0.160. The van der Waals surface area contributed by atoms with Gasteiger partial charge in [0.05, 0.1) is 23.8 Å². The van der Waals surface area contributed by atoms with E-state index in [4.69, 9.17) is 0 Å². The van der Waals surface area contributed by atoms with Crippen LogP contribution in [0.4, 0.5) is 0 Å².